The van der Waals surface area contributed by atoms with Crippen molar-refractivity contribution in [2.24, 2.45) is 5.73 Å². The molecule has 0 heterocycles. The lowest BCUT2D eigenvalue weighted by Gasteiger charge is -1.86. The van der Waals surface area contributed by atoms with Crippen molar-refractivity contribution in [3.63, 3.8) is 0 Å². The van der Waals surface area contributed by atoms with Crippen LogP contribution in [0.1, 0.15) is 6.92 Å². The highest BCUT2D eigenvalue weighted by atomic mass is 32.2. The fourth-order valence-electron chi connectivity index (χ4n) is 0.149. The quantitative estimate of drug-likeness (QED) is 0.449. The molecular weight excluding hydrogens is 154 g/mol. The van der Waals surface area contributed by atoms with Gasteiger partial charge in [-0.25, -0.2) is 0 Å². The molecule has 0 amide bonds. The Bertz CT molecular complexity index is 162. The van der Waals surface area contributed by atoms with E-state index in [1.165, 1.54) is 0 Å². The summed E-state index contributed by atoms with van der Waals surface area (Å²) in [6.45, 7) is 5.22. The molecule has 0 saturated heterocycles. The molecule has 0 aliphatic carbocycles. The molecule has 3 N–H and O–H groups in total. The number of hydrogen-bond donors (Lipinski definition) is 2. The van der Waals surface area contributed by atoms with Crippen LogP contribution in [0.3, 0.4) is 0 Å². The topological polar surface area (TPSA) is 80.4 Å². The van der Waals surface area contributed by atoms with Gasteiger partial charge in [-0.1, -0.05) is 6.08 Å². The minimum atomic E-state index is -3.80. The second kappa shape index (κ2) is 6.73. The first-order valence-corrected chi connectivity index (χ1v) is 4.31. The zero-order valence-electron chi connectivity index (χ0n) is 5.95. The molecule has 0 rings (SSSR count). The lowest BCUT2D eigenvalue weighted by Crippen LogP contribution is -2.13. The maximum atomic E-state index is 9.71. The molecule has 0 unspecified atom stereocenters. The Hall–Kier alpha value is -0.390. The Balaban J connectivity index is 0. The predicted octanol–water partition coefficient (Wildman–Crippen LogP) is 0.0252. The van der Waals surface area contributed by atoms with Crippen molar-refractivity contribution in [1.29, 1.82) is 0 Å². The third kappa shape index (κ3) is 25.5. The number of hydrogen-bond acceptors (Lipinski definition) is 3. The average molecular weight is 167 g/mol. The maximum absolute atomic E-state index is 9.71. The minimum absolute atomic E-state index is 0.0289. The SMILES string of the molecule is C=CC.NCCS(=O)(=O)O. The molecule has 0 bridgehead atoms. The summed E-state index contributed by atoms with van der Waals surface area (Å²) in [4.78, 5) is 0. The van der Waals surface area contributed by atoms with Crippen LogP contribution in [0.25, 0.3) is 0 Å². The summed E-state index contributed by atoms with van der Waals surface area (Å²) >= 11 is 0. The van der Waals surface area contributed by atoms with Gasteiger partial charge in [-0.2, -0.15) is 8.42 Å². The van der Waals surface area contributed by atoms with E-state index >= 15 is 0 Å². The maximum Gasteiger partial charge on any atom is 0.266 e. The smallest absolute Gasteiger partial charge is 0.266 e. The summed E-state index contributed by atoms with van der Waals surface area (Å²) in [5.41, 5.74) is 4.78. The monoisotopic (exact) mass is 167 g/mol. The van der Waals surface area contributed by atoms with Gasteiger partial charge in [0.15, 0.2) is 0 Å². The molecule has 4 nitrogen and oxygen atoms in total. The molecule has 0 radical (unpaired) electrons. The van der Waals surface area contributed by atoms with Crippen molar-refractivity contribution in [1.82, 2.24) is 0 Å². The molecular formula is C5H13NO3S. The summed E-state index contributed by atoms with van der Waals surface area (Å²) in [6, 6.07) is 0. The van der Waals surface area contributed by atoms with Crippen LogP contribution in [0.4, 0.5) is 0 Å². The lowest BCUT2D eigenvalue weighted by molar-refractivity contribution is 0.483. The highest BCUT2D eigenvalue weighted by Gasteiger charge is 1.98. The van der Waals surface area contributed by atoms with Crippen LogP contribution >= 0.6 is 0 Å². The second-order valence-corrected chi connectivity index (χ2v) is 3.06. The average Bonchev–Trinajstić information content (AvgIpc) is 1.63. The van der Waals surface area contributed by atoms with Gasteiger partial charge in [0.2, 0.25) is 0 Å². The van der Waals surface area contributed by atoms with Crippen molar-refractivity contribution in [3.8, 4) is 0 Å². The van der Waals surface area contributed by atoms with E-state index in [9.17, 15) is 8.42 Å². The van der Waals surface area contributed by atoms with Crippen molar-refractivity contribution in [2.75, 3.05) is 12.3 Å². The number of nitrogens with two attached hydrogens (primary N) is 1. The number of allylic oxidation sites excluding steroid dienone is 1. The largest absolute Gasteiger partial charge is 0.329 e. The molecule has 0 aromatic heterocycles. The van der Waals surface area contributed by atoms with Gasteiger partial charge in [0, 0.05) is 6.54 Å². The Morgan fingerprint density at radius 3 is 2.00 bits per heavy atom. The van der Waals surface area contributed by atoms with Crippen LogP contribution in [0.5, 0.6) is 0 Å². The van der Waals surface area contributed by atoms with Crippen molar-refractivity contribution >= 4 is 10.1 Å². The van der Waals surface area contributed by atoms with Crippen molar-refractivity contribution in [2.45, 2.75) is 6.92 Å². The molecule has 0 aromatic carbocycles. The molecule has 0 aromatic rings. The molecule has 0 aliphatic rings. The first-order chi connectivity index (χ1) is 4.47. The van der Waals surface area contributed by atoms with E-state index in [-0.39, 0.29) is 12.3 Å². The Kier molecular flexibility index (Phi) is 8.27. The summed E-state index contributed by atoms with van der Waals surface area (Å²) in [5.74, 6) is -0.354. The summed E-state index contributed by atoms with van der Waals surface area (Å²) in [6.07, 6.45) is 1.75. The van der Waals surface area contributed by atoms with Crippen LogP contribution in [-0.4, -0.2) is 25.3 Å². The highest BCUT2D eigenvalue weighted by molar-refractivity contribution is 7.85. The van der Waals surface area contributed by atoms with E-state index in [0.29, 0.717) is 0 Å². The molecule has 10 heavy (non-hydrogen) atoms. The molecule has 0 aliphatic heterocycles. The predicted molar refractivity (Wildman–Crippen MR) is 41.3 cm³/mol. The number of rotatable bonds is 2. The Labute approximate surface area is 61.5 Å². The third-order valence-electron chi connectivity index (χ3n) is 0.376. The highest BCUT2D eigenvalue weighted by Crippen LogP contribution is 1.74. The van der Waals surface area contributed by atoms with Gasteiger partial charge in [0.25, 0.3) is 10.1 Å². The summed E-state index contributed by atoms with van der Waals surface area (Å²) < 4.78 is 27.3. The molecule has 0 atom stereocenters. The van der Waals surface area contributed by atoms with Crippen LogP contribution in [0.2, 0.25) is 0 Å². The normalized spacial score (nSPS) is 9.50. The van der Waals surface area contributed by atoms with Gasteiger partial charge in [-0.3, -0.25) is 4.55 Å². The van der Waals surface area contributed by atoms with Gasteiger partial charge < -0.3 is 5.73 Å². The van der Waals surface area contributed by atoms with E-state index < -0.39 is 10.1 Å². The Morgan fingerprint density at radius 2 is 2.00 bits per heavy atom. The first kappa shape index (κ1) is 12.3. The zero-order valence-corrected chi connectivity index (χ0v) is 6.76. The summed E-state index contributed by atoms with van der Waals surface area (Å²) in [7, 11) is -3.80. The van der Waals surface area contributed by atoms with Crippen molar-refractivity contribution in [3.05, 3.63) is 12.7 Å². The fraction of sp³-hybridized carbons (Fsp3) is 0.600. The van der Waals surface area contributed by atoms with Crippen LogP contribution < -0.4 is 5.73 Å². The molecule has 5 heteroatoms. The third-order valence-corrected chi connectivity index (χ3v) is 1.13. The molecule has 0 spiro atoms. The standard InChI is InChI=1S/C3H6.C2H7NO3S/c1-3-2;3-1-2-7(4,5)6/h3H,1H2,2H3;1-3H2,(H,4,5,6). The van der Waals surface area contributed by atoms with Crippen LogP contribution in [0.15, 0.2) is 12.7 Å². The molecule has 0 fully saturated rings. The first-order valence-electron chi connectivity index (χ1n) is 2.70. The van der Waals surface area contributed by atoms with E-state index in [0.717, 1.165) is 0 Å². The van der Waals surface area contributed by atoms with Crippen LogP contribution in [-0.2, 0) is 10.1 Å². The van der Waals surface area contributed by atoms with Gasteiger partial charge >= 0.3 is 0 Å². The van der Waals surface area contributed by atoms with Gasteiger partial charge in [0.05, 0.1) is 5.75 Å². The summed E-state index contributed by atoms with van der Waals surface area (Å²) in [5, 5.41) is 0. The van der Waals surface area contributed by atoms with E-state index in [1.54, 1.807) is 6.08 Å². The van der Waals surface area contributed by atoms with Gasteiger partial charge in [0.1, 0.15) is 0 Å². The molecule has 62 valence electrons. The van der Waals surface area contributed by atoms with E-state index in [2.05, 4.69) is 6.58 Å². The Morgan fingerprint density at radius 1 is 1.70 bits per heavy atom. The van der Waals surface area contributed by atoms with Crippen LogP contribution in [0, 0.1) is 0 Å². The van der Waals surface area contributed by atoms with E-state index in [1.807, 2.05) is 6.92 Å². The second-order valence-electron chi connectivity index (χ2n) is 1.48. The zero-order chi connectivity index (χ0) is 8.62. The van der Waals surface area contributed by atoms with Crippen molar-refractivity contribution < 1.29 is 13.0 Å². The van der Waals surface area contributed by atoms with E-state index in [4.69, 9.17) is 10.3 Å². The van der Waals surface area contributed by atoms with Gasteiger partial charge in [-0.05, 0) is 6.92 Å². The van der Waals surface area contributed by atoms with Gasteiger partial charge in [-0.15, -0.1) is 6.58 Å². The molecule has 0 saturated carbocycles. The fourth-order valence-corrected chi connectivity index (χ4v) is 0.447. The minimum Gasteiger partial charge on any atom is -0.329 e. The lowest BCUT2D eigenvalue weighted by atomic mass is 10.8.